The molecule has 0 unspecified atom stereocenters. The fourth-order valence-corrected chi connectivity index (χ4v) is 4.68. The Balaban J connectivity index is 1.41. The van der Waals surface area contributed by atoms with E-state index in [0.717, 1.165) is 11.1 Å². The molecule has 1 heterocycles. The van der Waals surface area contributed by atoms with Crippen molar-refractivity contribution < 1.29 is 18.7 Å². The fraction of sp³-hybridized carbons (Fsp3) is 0.233. The van der Waals surface area contributed by atoms with Crippen molar-refractivity contribution in [1.29, 1.82) is 0 Å². The van der Waals surface area contributed by atoms with E-state index in [1.807, 2.05) is 48.5 Å². The van der Waals surface area contributed by atoms with E-state index in [1.54, 1.807) is 32.4 Å². The summed E-state index contributed by atoms with van der Waals surface area (Å²) >= 11 is 12.2. The van der Waals surface area contributed by atoms with Crippen molar-refractivity contribution in [2.45, 2.75) is 26.1 Å². The van der Waals surface area contributed by atoms with Gasteiger partial charge in [0.25, 0.3) is 5.91 Å². The zero-order valence-electron chi connectivity index (χ0n) is 21.4. The van der Waals surface area contributed by atoms with Crippen molar-refractivity contribution in [2.24, 2.45) is 0 Å². The summed E-state index contributed by atoms with van der Waals surface area (Å²) in [4.78, 5) is 14.9. The number of furan rings is 1. The lowest BCUT2D eigenvalue weighted by Gasteiger charge is -2.22. The number of nitrogens with one attached hydrogen (secondary N) is 1. The lowest BCUT2D eigenvalue weighted by Crippen LogP contribution is -2.25. The maximum atomic E-state index is 12.7. The van der Waals surface area contributed by atoms with Gasteiger partial charge in [-0.05, 0) is 59.5 Å². The molecule has 3 aromatic carbocycles. The number of rotatable bonds is 12. The number of halogens is 2. The molecule has 8 heteroatoms. The average Bonchev–Trinajstić information content (AvgIpc) is 3.39. The Bertz CT molecular complexity index is 1360. The maximum Gasteiger partial charge on any atom is 0.287 e. The van der Waals surface area contributed by atoms with Crippen LogP contribution >= 0.6 is 23.2 Å². The normalized spacial score (nSPS) is 11.0. The van der Waals surface area contributed by atoms with E-state index in [0.29, 0.717) is 59.9 Å². The molecule has 1 N–H and O–H groups in total. The van der Waals surface area contributed by atoms with Gasteiger partial charge in [-0.3, -0.25) is 9.69 Å². The third kappa shape index (κ3) is 7.54. The van der Waals surface area contributed by atoms with E-state index < -0.39 is 0 Å². The van der Waals surface area contributed by atoms with Crippen LogP contribution in [0.25, 0.3) is 0 Å². The summed E-state index contributed by atoms with van der Waals surface area (Å²) < 4.78 is 16.8. The number of hydrogen-bond donors (Lipinski definition) is 1. The first-order valence-electron chi connectivity index (χ1n) is 12.2. The lowest BCUT2D eigenvalue weighted by molar-refractivity contribution is 0.0922. The Morgan fingerprint density at radius 2 is 1.61 bits per heavy atom. The minimum absolute atomic E-state index is 0.268. The predicted molar refractivity (Wildman–Crippen MR) is 150 cm³/mol. The third-order valence-corrected chi connectivity index (χ3v) is 6.65. The number of hydrogen-bond acceptors (Lipinski definition) is 5. The van der Waals surface area contributed by atoms with Crippen LogP contribution in [-0.4, -0.2) is 31.6 Å². The first-order valence-corrected chi connectivity index (χ1v) is 13.0. The number of benzene rings is 3. The van der Waals surface area contributed by atoms with E-state index >= 15 is 0 Å². The van der Waals surface area contributed by atoms with Crippen molar-refractivity contribution >= 4 is 29.1 Å². The summed E-state index contributed by atoms with van der Waals surface area (Å²) in [5, 5.41) is 4.06. The minimum atomic E-state index is -0.268. The molecule has 0 fully saturated rings. The molecule has 0 aliphatic carbocycles. The second-order valence-electron chi connectivity index (χ2n) is 8.83. The molecule has 198 valence electrons. The van der Waals surface area contributed by atoms with Crippen LogP contribution in [0.15, 0.2) is 83.3 Å². The van der Waals surface area contributed by atoms with Gasteiger partial charge < -0.3 is 19.2 Å². The van der Waals surface area contributed by atoms with Gasteiger partial charge in [0, 0.05) is 29.7 Å². The van der Waals surface area contributed by atoms with Crippen LogP contribution < -0.4 is 14.8 Å². The number of carbonyl (C=O) groups excluding carboxylic acids is 1. The Morgan fingerprint density at radius 3 is 2.34 bits per heavy atom. The number of nitrogens with zero attached hydrogens (tertiary/aromatic N) is 1. The van der Waals surface area contributed by atoms with E-state index in [9.17, 15) is 4.79 Å². The van der Waals surface area contributed by atoms with E-state index in [-0.39, 0.29) is 11.7 Å². The summed E-state index contributed by atoms with van der Waals surface area (Å²) in [6.07, 6.45) is 0.589. The lowest BCUT2D eigenvalue weighted by atomic mass is 10.1. The number of amides is 1. The Kier molecular flexibility index (Phi) is 9.71. The highest BCUT2D eigenvalue weighted by atomic mass is 35.5. The highest BCUT2D eigenvalue weighted by molar-refractivity contribution is 6.35. The van der Waals surface area contributed by atoms with Crippen LogP contribution in [0.2, 0.25) is 10.0 Å². The van der Waals surface area contributed by atoms with Crippen molar-refractivity contribution in [1.82, 2.24) is 10.2 Å². The molecule has 0 atom stereocenters. The fourth-order valence-electron chi connectivity index (χ4n) is 4.17. The molecule has 0 saturated carbocycles. The van der Waals surface area contributed by atoms with Crippen molar-refractivity contribution in [3.05, 3.63) is 117 Å². The van der Waals surface area contributed by atoms with Gasteiger partial charge in [0.1, 0.15) is 5.76 Å². The molecule has 1 aromatic heterocycles. The van der Waals surface area contributed by atoms with Crippen molar-refractivity contribution in [3.63, 3.8) is 0 Å². The molecular formula is C30H30Cl2N2O4. The van der Waals surface area contributed by atoms with Crippen LogP contribution in [0.1, 0.15) is 33.0 Å². The Hall–Kier alpha value is -3.45. The van der Waals surface area contributed by atoms with E-state index in [2.05, 4.69) is 22.3 Å². The van der Waals surface area contributed by atoms with Gasteiger partial charge in [0.15, 0.2) is 17.3 Å². The van der Waals surface area contributed by atoms with E-state index in [1.165, 1.54) is 5.56 Å². The van der Waals surface area contributed by atoms with Gasteiger partial charge in [0.2, 0.25) is 0 Å². The molecule has 0 radical (unpaired) electrons. The molecule has 4 aromatic rings. The standard InChI is InChI=1S/C30H30Cl2N2O4/c1-36-27-12-8-22(16-29(27)37-2)19-34(18-21-6-4-3-5-7-21)20-25-11-13-28(38-25)30(35)33-15-14-23-9-10-24(31)17-26(23)32/h3-13,16-17H,14-15,18-20H2,1-2H3,(H,33,35). The predicted octanol–water partition coefficient (Wildman–Crippen LogP) is 6.78. The van der Waals surface area contributed by atoms with Crippen LogP contribution in [0, 0.1) is 0 Å². The van der Waals surface area contributed by atoms with Crippen molar-refractivity contribution in [3.8, 4) is 11.5 Å². The molecule has 0 spiro atoms. The van der Waals surface area contributed by atoms with Gasteiger partial charge in [-0.15, -0.1) is 0 Å². The smallest absolute Gasteiger partial charge is 0.287 e. The van der Waals surface area contributed by atoms with Gasteiger partial charge in [-0.25, -0.2) is 0 Å². The summed E-state index contributed by atoms with van der Waals surface area (Å²) in [6, 6.07) is 25.0. The van der Waals surface area contributed by atoms with Crippen LogP contribution in [0.3, 0.4) is 0 Å². The number of methoxy groups -OCH3 is 2. The SMILES string of the molecule is COc1ccc(CN(Cc2ccccc2)Cc2ccc(C(=O)NCCc3ccc(Cl)cc3Cl)o2)cc1OC. The van der Waals surface area contributed by atoms with Gasteiger partial charge in [0.05, 0.1) is 20.8 Å². The maximum absolute atomic E-state index is 12.7. The van der Waals surface area contributed by atoms with Crippen molar-refractivity contribution in [2.75, 3.05) is 20.8 Å². The van der Waals surface area contributed by atoms with Gasteiger partial charge in [-0.2, -0.15) is 0 Å². The average molecular weight is 553 g/mol. The molecule has 0 saturated heterocycles. The first-order chi connectivity index (χ1) is 18.4. The van der Waals surface area contributed by atoms with Crippen LogP contribution in [0.5, 0.6) is 11.5 Å². The number of carbonyl (C=O) groups is 1. The highest BCUT2D eigenvalue weighted by Crippen LogP contribution is 2.28. The summed E-state index contributed by atoms with van der Waals surface area (Å²) in [6.45, 7) is 2.31. The quantitative estimate of drug-likeness (QED) is 0.210. The second kappa shape index (κ2) is 13.4. The monoisotopic (exact) mass is 552 g/mol. The molecule has 0 bridgehead atoms. The van der Waals surface area contributed by atoms with Crippen LogP contribution in [-0.2, 0) is 26.1 Å². The Morgan fingerprint density at radius 1 is 0.842 bits per heavy atom. The molecule has 4 rings (SSSR count). The third-order valence-electron chi connectivity index (χ3n) is 6.06. The molecular weight excluding hydrogens is 523 g/mol. The van der Waals surface area contributed by atoms with Crippen LogP contribution in [0.4, 0.5) is 0 Å². The topological polar surface area (TPSA) is 63.9 Å². The summed E-state index contributed by atoms with van der Waals surface area (Å²) in [5.74, 6) is 2.07. The van der Waals surface area contributed by atoms with Gasteiger partial charge >= 0.3 is 0 Å². The first kappa shape index (κ1) is 27.6. The zero-order valence-corrected chi connectivity index (χ0v) is 22.9. The highest BCUT2D eigenvalue weighted by Gasteiger charge is 2.16. The van der Waals surface area contributed by atoms with E-state index in [4.69, 9.17) is 37.1 Å². The Labute approximate surface area is 233 Å². The molecule has 6 nitrogen and oxygen atoms in total. The summed E-state index contributed by atoms with van der Waals surface area (Å²) in [5.41, 5.74) is 3.17. The molecule has 0 aliphatic rings. The molecule has 1 amide bonds. The molecule has 0 aliphatic heterocycles. The van der Waals surface area contributed by atoms with Gasteiger partial charge in [-0.1, -0.05) is 65.7 Å². The zero-order chi connectivity index (χ0) is 26.9. The molecule has 38 heavy (non-hydrogen) atoms. The summed E-state index contributed by atoms with van der Waals surface area (Å²) in [7, 11) is 3.25. The number of ether oxygens (including phenoxy) is 2. The minimum Gasteiger partial charge on any atom is -0.493 e. The largest absolute Gasteiger partial charge is 0.493 e. The second-order valence-corrected chi connectivity index (χ2v) is 9.67.